The molecule has 0 fully saturated rings. The number of amides is 2. The fourth-order valence-electron chi connectivity index (χ4n) is 3.90. The van der Waals surface area contributed by atoms with Crippen LogP contribution in [0.2, 0.25) is 0 Å². The Labute approximate surface area is 168 Å². The van der Waals surface area contributed by atoms with Gasteiger partial charge in [-0.3, -0.25) is 5.43 Å². The first-order chi connectivity index (χ1) is 14.0. The van der Waals surface area contributed by atoms with Crippen molar-refractivity contribution < 1.29 is 28.5 Å². The Morgan fingerprint density at radius 1 is 1.10 bits per heavy atom. The summed E-state index contributed by atoms with van der Waals surface area (Å²) in [5.74, 6) is 2.89. The second-order valence-electron chi connectivity index (χ2n) is 6.83. The van der Waals surface area contributed by atoms with Crippen molar-refractivity contribution in [1.29, 1.82) is 0 Å². The molecule has 9 nitrogen and oxygen atoms in total. The summed E-state index contributed by atoms with van der Waals surface area (Å²) >= 11 is 0. The molecule has 154 valence electrons. The second kappa shape index (κ2) is 7.59. The van der Waals surface area contributed by atoms with Crippen LogP contribution in [0.4, 0.5) is 4.79 Å². The fourth-order valence-corrected chi connectivity index (χ4v) is 3.90. The molecule has 1 unspecified atom stereocenters. The second-order valence-corrected chi connectivity index (χ2v) is 6.83. The van der Waals surface area contributed by atoms with Crippen LogP contribution in [0.1, 0.15) is 24.0 Å². The highest BCUT2D eigenvalue weighted by Crippen LogP contribution is 2.51. The molecule has 0 bridgehead atoms. The number of benzene rings is 2. The van der Waals surface area contributed by atoms with Gasteiger partial charge in [0.25, 0.3) is 0 Å². The third-order valence-electron chi connectivity index (χ3n) is 5.20. The van der Waals surface area contributed by atoms with Gasteiger partial charge in [0.1, 0.15) is 5.75 Å². The molecule has 4 N–H and O–H groups in total. The number of hydrogen-bond acceptors (Lipinski definition) is 7. The topological polar surface area (TPSA) is 113 Å². The van der Waals surface area contributed by atoms with Gasteiger partial charge in [-0.15, -0.1) is 0 Å². The number of fused-ring (bicyclic) bond motifs is 2. The third kappa shape index (κ3) is 3.33. The van der Waals surface area contributed by atoms with Crippen molar-refractivity contribution in [3.05, 3.63) is 41.5 Å². The van der Waals surface area contributed by atoms with E-state index in [0.29, 0.717) is 28.7 Å². The van der Waals surface area contributed by atoms with Crippen molar-refractivity contribution in [2.75, 3.05) is 21.0 Å². The summed E-state index contributed by atoms with van der Waals surface area (Å²) in [6.45, 7) is 2.17. The summed E-state index contributed by atoms with van der Waals surface area (Å²) in [6, 6.07) is 8.76. The first kappa shape index (κ1) is 19.0. The number of hydrazine groups is 1. The van der Waals surface area contributed by atoms with Crippen molar-refractivity contribution in [1.82, 2.24) is 10.9 Å². The van der Waals surface area contributed by atoms with E-state index in [1.54, 1.807) is 20.3 Å². The van der Waals surface area contributed by atoms with Gasteiger partial charge in [-0.25, -0.2) is 4.79 Å². The number of carbonyl (C=O) groups is 1. The molecule has 29 heavy (non-hydrogen) atoms. The number of urea groups is 1. The van der Waals surface area contributed by atoms with Crippen LogP contribution >= 0.6 is 0 Å². The number of hydrogen-bond donors (Lipinski definition) is 3. The number of nitrogens with two attached hydrogens (primary N) is 1. The van der Waals surface area contributed by atoms with Gasteiger partial charge in [-0.05, 0) is 12.1 Å². The van der Waals surface area contributed by atoms with Gasteiger partial charge in [-0.1, -0.05) is 19.1 Å². The summed E-state index contributed by atoms with van der Waals surface area (Å²) in [5.41, 5.74) is 12.3. The first-order valence-electron chi connectivity index (χ1n) is 9.15. The van der Waals surface area contributed by atoms with E-state index in [-0.39, 0.29) is 18.6 Å². The van der Waals surface area contributed by atoms with Crippen LogP contribution < -0.4 is 40.3 Å². The molecule has 2 aliphatic heterocycles. The van der Waals surface area contributed by atoms with Gasteiger partial charge in [0.05, 0.1) is 14.2 Å². The highest BCUT2D eigenvalue weighted by molar-refractivity contribution is 5.71. The van der Waals surface area contributed by atoms with E-state index in [1.165, 1.54) is 0 Å². The van der Waals surface area contributed by atoms with Crippen molar-refractivity contribution in [2.24, 2.45) is 11.7 Å². The van der Waals surface area contributed by atoms with Gasteiger partial charge in [0, 0.05) is 29.0 Å². The quantitative estimate of drug-likeness (QED) is 0.658. The minimum Gasteiger partial charge on any atom is -0.493 e. The van der Waals surface area contributed by atoms with E-state index >= 15 is 0 Å². The maximum atomic E-state index is 11.2. The van der Waals surface area contributed by atoms with E-state index in [1.807, 2.05) is 31.2 Å². The van der Waals surface area contributed by atoms with Crippen LogP contribution in [0, 0.1) is 5.92 Å². The molecule has 0 aromatic heterocycles. The van der Waals surface area contributed by atoms with Crippen molar-refractivity contribution in [2.45, 2.75) is 19.1 Å². The molecule has 4 rings (SSSR count). The molecule has 2 aliphatic rings. The minimum atomic E-state index is -0.701. The maximum absolute atomic E-state index is 11.2. The molecular formula is C20H23N3O6. The van der Waals surface area contributed by atoms with E-state index in [9.17, 15) is 4.79 Å². The Bertz CT molecular complexity index is 935. The third-order valence-corrected chi connectivity index (χ3v) is 5.20. The maximum Gasteiger partial charge on any atom is 0.326 e. The standard InChI is InChI=1S/C20H23N3O6/c1-10-17(11-5-4-6-13(25-2)18(11)26-3)12-7-15-16(28-9-27-15)8-14(12)29-19(10)22-23-20(21)24/h4-8,10,17,19,22H,9H2,1-3H3,(H3,21,23,24)/t10-,17+,19?/m1/s1. The molecule has 0 aliphatic carbocycles. The molecular weight excluding hydrogens is 378 g/mol. The first-order valence-corrected chi connectivity index (χ1v) is 9.15. The summed E-state index contributed by atoms with van der Waals surface area (Å²) in [5, 5.41) is 0. The summed E-state index contributed by atoms with van der Waals surface area (Å²) < 4.78 is 28.3. The summed E-state index contributed by atoms with van der Waals surface area (Å²) in [4.78, 5) is 11.2. The normalized spacial score (nSPS) is 21.7. The molecule has 2 heterocycles. The number of para-hydroxylation sites is 1. The van der Waals surface area contributed by atoms with Crippen LogP contribution in [-0.2, 0) is 0 Å². The number of rotatable bonds is 5. The average Bonchev–Trinajstić information content (AvgIpc) is 3.17. The van der Waals surface area contributed by atoms with Crippen molar-refractivity contribution in [3.63, 3.8) is 0 Å². The number of methoxy groups -OCH3 is 2. The van der Waals surface area contributed by atoms with E-state index < -0.39 is 12.3 Å². The Kier molecular flexibility index (Phi) is 4.98. The highest BCUT2D eigenvalue weighted by atomic mass is 16.7. The summed E-state index contributed by atoms with van der Waals surface area (Å²) in [6.07, 6.45) is -0.545. The number of ether oxygens (including phenoxy) is 5. The summed E-state index contributed by atoms with van der Waals surface area (Å²) in [7, 11) is 3.21. The van der Waals surface area contributed by atoms with Crippen molar-refractivity contribution >= 4 is 6.03 Å². The van der Waals surface area contributed by atoms with Gasteiger partial charge in [-0.2, -0.15) is 5.43 Å². The largest absolute Gasteiger partial charge is 0.493 e. The predicted octanol–water partition coefficient (Wildman–Crippen LogP) is 2.09. The Morgan fingerprint density at radius 3 is 2.55 bits per heavy atom. The van der Waals surface area contributed by atoms with Crippen LogP contribution in [0.15, 0.2) is 30.3 Å². The molecule has 0 saturated heterocycles. The van der Waals surface area contributed by atoms with Crippen LogP contribution in [0.3, 0.4) is 0 Å². The number of nitrogens with one attached hydrogen (secondary N) is 2. The Morgan fingerprint density at radius 2 is 1.86 bits per heavy atom. The van der Waals surface area contributed by atoms with E-state index in [4.69, 9.17) is 29.4 Å². The molecule has 0 spiro atoms. The highest BCUT2D eigenvalue weighted by Gasteiger charge is 2.40. The lowest BCUT2D eigenvalue weighted by molar-refractivity contribution is 0.0687. The van der Waals surface area contributed by atoms with Crippen LogP contribution in [-0.4, -0.2) is 33.3 Å². The minimum absolute atomic E-state index is 0.115. The smallest absolute Gasteiger partial charge is 0.326 e. The van der Waals surface area contributed by atoms with Gasteiger partial charge in [0.2, 0.25) is 6.79 Å². The van der Waals surface area contributed by atoms with Gasteiger partial charge < -0.3 is 29.4 Å². The molecule has 9 heteroatoms. The molecule has 3 atom stereocenters. The van der Waals surface area contributed by atoms with Crippen LogP contribution in [0.5, 0.6) is 28.7 Å². The lowest BCUT2D eigenvalue weighted by atomic mass is 9.78. The SMILES string of the molecule is COc1cccc([C@H]2c3cc4c(cc3OC(NNC(N)=O)[C@@H]2C)OCO4)c1OC. The fraction of sp³-hybridized carbons (Fsp3) is 0.350. The zero-order valence-corrected chi connectivity index (χ0v) is 16.4. The zero-order chi connectivity index (χ0) is 20.5. The van der Waals surface area contributed by atoms with E-state index in [2.05, 4.69) is 10.9 Å². The zero-order valence-electron chi connectivity index (χ0n) is 16.4. The van der Waals surface area contributed by atoms with Crippen molar-refractivity contribution in [3.8, 4) is 28.7 Å². The predicted molar refractivity (Wildman–Crippen MR) is 103 cm³/mol. The average molecular weight is 401 g/mol. The molecule has 2 aromatic carbocycles. The Balaban J connectivity index is 1.84. The molecule has 0 saturated carbocycles. The molecule has 2 amide bonds. The number of carbonyl (C=O) groups excluding carboxylic acids is 1. The van der Waals surface area contributed by atoms with Gasteiger partial charge in [0.15, 0.2) is 29.2 Å². The molecule has 0 radical (unpaired) electrons. The lowest BCUT2D eigenvalue weighted by Crippen LogP contribution is -2.54. The monoisotopic (exact) mass is 401 g/mol. The Hall–Kier alpha value is -3.33. The lowest BCUT2D eigenvalue weighted by Gasteiger charge is -2.38. The van der Waals surface area contributed by atoms with Gasteiger partial charge >= 0.3 is 6.03 Å². The number of primary amides is 1. The van der Waals surface area contributed by atoms with E-state index in [0.717, 1.165) is 11.1 Å². The molecule has 2 aromatic rings. The van der Waals surface area contributed by atoms with Crippen LogP contribution in [0.25, 0.3) is 0 Å².